The number of carbonyl (C=O) groups is 1. The van der Waals surface area contributed by atoms with Crippen molar-refractivity contribution in [2.24, 2.45) is 0 Å². The molecule has 0 radical (unpaired) electrons. The Morgan fingerprint density at radius 2 is 2.00 bits per heavy atom. The summed E-state index contributed by atoms with van der Waals surface area (Å²) in [6, 6.07) is 3.62. The molecule has 5 nitrogen and oxygen atoms in total. The molecule has 0 aromatic heterocycles. The van der Waals surface area contributed by atoms with Crippen molar-refractivity contribution in [3.8, 4) is 0 Å². The largest absolute Gasteiger partial charge is 0.411 e. The van der Waals surface area contributed by atoms with Crippen molar-refractivity contribution in [2.75, 3.05) is 18.5 Å². The van der Waals surface area contributed by atoms with E-state index in [2.05, 4.69) is 26.0 Å². The van der Waals surface area contributed by atoms with Crippen LogP contribution in [0.3, 0.4) is 0 Å². The number of nitrogens with one attached hydrogen (secondary N) is 1. The number of rotatable bonds is 5. The molecule has 0 saturated heterocycles. The van der Waals surface area contributed by atoms with Crippen LogP contribution in [0.25, 0.3) is 0 Å². The molecule has 1 aromatic carbocycles. The van der Waals surface area contributed by atoms with E-state index in [1.165, 1.54) is 12.1 Å². The lowest BCUT2D eigenvalue weighted by atomic mass is 10.3. The summed E-state index contributed by atoms with van der Waals surface area (Å²) in [6.45, 7) is -2.32. The molecule has 0 spiro atoms. The van der Waals surface area contributed by atoms with E-state index < -0.39 is 34.3 Å². The lowest BCUT2D eigenvalue weighted by molar-refractivity contribution is -0.174. The summed E-state index contributed by atoms with van der Waals surface area (Å²) in [5.74, 6) is -0.812. The highest BCUT2D eigenvalue weighted by Gasteiger charge is 2.27. The minimum atomic E-state index is -4.51. The van der Waals surface area contributed by atoms with Gasteiger partial charge >= 0.3 is 6.18 Å². The standard InChI is InChI=1S/C10H8BrClF3NO4S/c11-7-3-6(1-2-8(7)21(12,18)19)16-9(17)4-20-5-10(13,14)15/h1-3H,4-5H2,(H,16,17). The molecule has 0 aliphatic carbocycles. The zero-order chi connectivity index (χ0) is 16.3. The Bertz CT molecular complexity index is 636. The number of halogens is 5. The van der Waals surface area contributed by atoms with Gasteiger partial charge in [-0.15, -0.1) is 0 Å². The van der Waals surface area contributed by atoms with E-state index in [1.807, 2.05) is 0 Å². The summed E-state index contributed by atoms with van der Waals surface area (Å²) in [5, 5.41) is 2.25. The van der Waals surface area contributed by atoms with Crippen LogP contribution in [0.2, 0.25) is 0 Å². The molecular formula is C10H8BrClF3NO4S. The molecular weight excluding hydrogens is 403 g/mol. The van der Waals surface area contributed by atoms with Gasteiger partial charge in [0.25, 0.3) is 9.05 Å². The Morgan fingerprint density at radius 1 is 1.38 bits per heavy atom. The molecule has 0 unspecified atom stereocenters. The number of carbonyl (C=O) groups excluding carboxylic acids is 1. The first kappa shape index (κ1) is 18.2. The quantitative estimate of drug-likeness (QED) is 0.758. The number of hydrogen-bond donors (Lipinski definition) is 1. The van der Waals surface area contributed by atoms with Gasteiger partial charge in [-0.1, -0.05) is 0 Å². The number of anilines is 1. The second-order valence-electron chi connectivity index (χ2n) is 3.74. The average molecular weight is 411 g/mol. The van der Waals surface area contributed by atoms with Gasteiger partial charge in [-0.3, -0.25) is 4.79 Å². The van der Waals surface area contributed by atoms with Crippen LogP contribution in [-0.2, 0) is 18.6 Å². The van der Waals surface area contributed by atoms with Gasteiger partial charge < -0.3 is 10.1 Å². The number of alkyl halides is 3. The third-order valence-corrected chi connectivity index (χ3v) is 4.28. The van der Waals surface area contributed by atoms with Crippen LogP contribution in [0.4, 0.5) is 18.9 Å². The molecule has 118 valence electrons. The fraction of sp³-hybridized carbons (Fsp3) is 0.300. The topological polar surface area (TPSA) is 72.5 Å². The second kappa shape index (κ2) is 6.95. The van der Waals surface area contributed by atoms with E-state index in [1.54, 1.807) is 0 Å². The van der Waals surface area contributed by atoms with Gasteiger partial charge in [-0.25, -0.2) is 8.42 Å². The smallest absolute Gasteiger partial charge is 0.362 e. The second-order valence-corrected chi connectivity index (χ2v) is 7.13. The molecule has 0 fully saturated rings. The van der Waals surface area contributed by atoms with Crippen molar-refractivity contribution < 1.29 is 31.1 Å². The molecule has 1 rings (SSSR count). The lowest BCUT2D eigenvalue weighted by Gasteiger charge is -2.09. The summed E-state index contributed by atoms with van der Waals surface area (Å²) in [4.78, 5) is 11.1. The molecule has 0 bridgehead atoms. The molecule has 21 heavy (non-hydrogen) atoms. The highest BCUT2D eigenvalue weighted by atomic mass is 79.9. The molecule has 1 amide bonds. The summed E-state index contributed by atoms with van der Waals surface area (Å²) in [6.07, 6.45) is -4.51. The molecule has 1 N–H and O–H groups in total. The molecule has 1 aromatic rings. The van der Waals surface area contributed by atoms with Crippen molar-refractivity contribution in [2.45, 2.75) is 11.1 Å². The van der Waals surface area contributed by atoms with Crippen LogP contribution in [0.5, 0.6) is 0 Å². The first-order chi connectivity index (χ1) is 9.49. The molecule has 0 saturated carbocycles. The Morgan fingerprint density at radius 3 is 2.48 bits per heavy atom. The molecule has 0 aliphatic rings. The maximum atomic E-state index is 11.8. The van der Waals surface area contributed by atoms with Crippen molar-refractivity contribution in [1.29, 1.82) is 0 Å². The summed E-state index contributed by atoms with van der Waals surface area (Å²) >= 11 is 2.96. The van der Waals surface area contributed by atoms with Crippen LogP contribution < -0.4 is 5.32 Å². The monoisotopic (exact) mass is 409 g/mol. The van der Waals surface area contributed by atoms with Crippen LogP contribution in [0.15, 0.2) is 27.6 Å². The molecule has 0 atom stereocenters. The summed E-state index contributed by atoms with van der Waals surface area (Å²) in [5.41, 5.74) is 0.173. The number of ether oxygens (including phenoxy) is 1. The Hall–Kier alpha value is -0.840. The Labute approximate surface area is 131 Å². The maximum absolute atomic E-state index is 11.8. The highest BCUT2D eigenvalue weighted by molar-refractivity contribution is 9.10. The summed E-state index contributed by atoms with van der Waals surface area (Å²) < 4.78 is 62.0. The molecule has 0 heterocycles. The Kier molecular flexibility index (Phi) is 6.02. The van der Waals surface area contributed by atoms with Crippen LogP contribution in [0, 0.1) is 0 Å². The average Bonchev–Trinajstić information content (AvgIpc) is 2.24. The summed E-state index contributed by atoms with van der Waals surface area (Å²) in [7, 11) is 1.22. The van der Waals surface area contributed by atoms with Crippen molar-refractivity contribution in [1.82, 2.24) is 0 Å². The lowest BCUT2D eigenvalue weighted by Crippen LogP contribution is -2.24. The Balaban J connectivity index is 2.64. The fourth-order valence-corrected chi connectivity index (χ4v) is 3.46. The van der Waals surface area contributed by atoms with E-state index in [9.17, 15) is 26.4 Å². The van der Waals surface area contributed by atoms with E-state index in [4.69, 9.17) is 10.7 Å². The van der Waals surface area contributed by atoms with Crippen LogP contribution >= 0.6 is 26.6 Å². The third kappa shape index (κ3) is 6.64. The third-order valence-electron chi connectivity index (χ3n) is 1.98. The number of hydrogen-bond acceptors (Lipinski definition) is 4. The minimum absolute atomic E-state index is 0.103. The van der Waals surface area contributed by atoms with Crippen molar-refractivity contribution in [3.63, 3.8) is 0 Å². The number of amides is 1. The van der Waals surface area contributed by atoms with E-state index in [0.29, 0.717) is 0 Å². The predicted octanol–water partition coefficient (Wildman–Crippen LogP) is 2.89. The van der Waals surface area contributed by atoms with E-state index in [-0.39, 0.29) is 15.1 Å². The minimum Gasteiger partial charge on any atom is -0.362 e. The maximum Gasteiger partial charge on any atom is 0.411 e. The van der Waals surface area contributed by atoms with Crippen molar-refractivity contribution >= 4 is 47.3 Å². The SMILES string of the molecule is O=C(COCC(F)(F)F)Nc1ccc(S(=O)(=O)Cl)c(Br)c1. The van der Waals surface area contributed by atoms with Gasteiger partial charge in [-0.2, -0.15) is 13.2 Å². The number of benzene rings is 1. The highest BCUT2D eigenvalue weighted by Crippen LogP contribution is 2.27. The molecule has 11 heteroatoms. The van der Waals surface area contributed by atoms with Gasteiger partial charge in [0, 0.05) is 20.8 Å². The van der Waals surface area contributed by atoms with E-state index in [0.717, 1.165) is 6.07 Å². The first-order valence-corrected chi connectivity index (χ1v) is 8.28. The zero-order valence-corrected chi connectivity index (χ0v) is 13.2. The van der Waals surface area contributed by atoms with Crippen LogP contribution in [0.1, 0.15) is 0 Å². The molecule has 0 aliphatic heterocycles. The van der Waals surface area contributed by atoms with Gasteiger partial charge in [-0.05, 0) is 34.1 Å². The predicted molar refractivity (Wildman–Crippen MR) is 72.7 cm³/mol. The van der Waals surface area contributed by atoms with Gasteiger partial charge in [0.2, 0.25) is 5.91 Å². The van der Waals surface area contributed by atoms with Gasteiger partial charge in [0.1, 0.15) is 13.2 Å². The fourth-order valence-electron chi connectivity index (χ4n) is 1.23. The first-order valence-electron chi connectivity index (χ1n) is 5.17. The van der Waals surface area contributed by atoms with Gasteiger partial charge in [0.05, 0.1) is 4.90 Å². The van der Waals surface area contributed by atoms with E-state index >= 15 is 0 Å². The normalized spacial score (nSPS) is 12.2. The zero-order valence-electron chi connectivity index (χ0n) is 10.1. The van der Waals surface area contributed by atoms with Gasteiger partial charge in [0.15, 0.2) is 0 Å². The van der Waals surface area contributed by atoms with Crippen LogP contribution in [-0.4, -0.2) is 33.7 Å². The van der Waals surface area contributed by atoms with Crippen molar-refractivity contribution in [3.05, 3.63) is 22.7 Å².